The zero-order chi connectivity index (χ0) is 16.9. The van der Waals surface area contributed by atoms with E-state index in [1.807, 2.05) is 0 Å². The third-order valence-corrected chi connectivity index (χ3v) is 4.15. The topological polar surface area (TPSA) is 66.9 Å². The van der Waals surface area contributed by atoms with Gasteiger partial charge in [-0.3, -0.25) is 5.32 Å². The zero-order valence-electron chi connectivity index (χ0n) is 12.3. The third kappa shape index (κ3) is 4.50. The van der Waals surface area contributed by atoms with Gasteiger partial charge < -0.3 is 5.32 Å². The molecule has 0 aliphatic heterocycles. The van der Waals surface area contributed by atoms with Crippen molar-refractivity contribution < 1.29 is 9.18 Å². The Morgan fingerprint density at radius 3 is 2.46 bits per heavy atom. The second-order valence-corrected chi connectivity index (χ2v) is 6.39. The van der Waals surface area contributed by atoms with Crippen LogP contribution < -0.4 is 10.6 Å². The Morgan fingerprint density at radius 1 is 1.04 bits per heavy atom. The minimum Gasteiger partial charge on any atom is -0.308 e. The first-order chi connectivity index (χ1) is 11.6. The van der Waals surface area contributed by atoms with Crippen molar-refractivity contribution in [2.45, 2.75) is 6.42 Å². The summed E-state index contributed by atoms with van der Waals surface area (Å²) in [6, 6.07) is 12.5. The molecule has 5 nitrogen and oxygen atoms in total. The third-order valence-electron chi connectivity index (χ3n) is 3.06. The minimum absolute atomic E-state index is 0.280. The maximum atomic E-state index is 12.9. The highest BCUT2D eigenvalue weighted by molar-refractivity contribution is 7.15. The van der Waals surface area contributed by atoms with Gasteiger partial charge in [0, 0.05) is 17.1 Å². The molecule has 0 fully saturated rings. The van der Waals surface area contributed by atoms with Crippen molar-refractivity contribution in [2.24, 2.45) is 0 Å². The second kappa shape index (κ2) is 7.37. The molecule has 24 heavy (non-hydrogen) atoms. The van der Waals surface area contributed by atoms with Gasteiger partial charge in [-0.25, -0.2) is 9.18 Å². The van der Waals surface area contributed by atoms with E-state index >= 15 is 0 Å². The average Bonchev–Trinajstić information content (AvgIpc) is 2.99. The number of amides is 2. The van der Waals surface area contributed by atoms with Crippen molar-refractivity contribution in [3.05, 3.63) is 69.9 Å². The number of urea groups is 1. The SMILES string of the molecule is O=C(Nc1ccc(Cl)cc1)Nc1nnc(Cc2ccc(F)cc2)s1. The molecule has 0 bridgehead atoms. The van der Waals surface area contributed by atoms with E-state index in [-0.39, 0.29) is 5.82 Å². The molecule has 0 spiro atoms. The number of benzene rings is 2. The van der Waals surface area contributed by atoms with Crippen molar-refractivity contribution in [3.63, 3.8) is 0 Å². The van der Waals surface area contributed by atoms with Crippen LogP contribution in [0.2, 0.25) is 5.02 Å². The van der Waals surface area contributed by atoms with Crippen molar-refractivity contribution in [1.82, 2.24) is 10.2 Å². The van der Waals surface area contributed by atoms with Gasteiger partial charge in [0.15, 0.2) is 0 Å². The number of aromatic nitrogens is 2. The van der Waals surface area contributed by atoms with E-state index in [0.29, 0.717) is 22.3 Å². The maximum absolute atomic E-state index is 12.9. The highest BCUT2D eigenvalue weighted by Crippen LogP contribution is 2.19. The fourth-order valence-electron chi connectivity index (χ4n) is 1.95. The van der Waals surface area contributed by atoms with Crippen LogP contribution in [0.4, 0.5) is 20.0 Å². The molecule has 2 aromatic carbocycles. The summed E-state index contributed by atoms with van der Waals surface area (Å²) in [5.74, 6) is -0.280. The van der Waals surface area contributed by atoms with Gasteiger partial charge in [0.1, 0.15) is 10.8 Å². The summed E-state index contributed by atoms with van der Waals surface area (Å²) in [5.41, 5.74) is 1.54. The molecular formula is C16H12ClFN4OS. The monoisotopic (exact) mass is 362 g/mol. The molecule has 8 heteroatoms. The second-order valence-electron chi connectivity index (χ2n) is 4.89. The Labute approximate surface area is 146 Å². The van der Waals surface area contributed by atoms with E-state index in [1.54, 1.807) is 36.4 Å². The van der Waals surface area contributed by atoms with Crippen LogP contribution in [0.3, 0.4) is 0 Å². The molecule has 122 valence electrons. The first-order valence-corrected chi connectivity index (χ1v) is 8.18. The van der Waals surface area contributed by atoms with Gasteiger partial charge in [0.2, 0.25) is 5.13 Å². The van der Waals surface area contributed by atoms with Gasteiger partial charge in [-0.05, 0) is 42.0 Å². The van der Waals surface area contributed by atoms with Crippen LogP contribution in [0.1, 0.15) is 10.6 Å². The molecule has 0 aliphatic carbocycles. The van der Waals surface area contributed by atoms with Crippen LogP contribution in [0.25, 0.3) is 0 Å². The lowest BCUT2D eigenvalue weighted by molar-refractivity contribution is 0.262. The number of hydrogen-bond donors (Lipinski definition) is 2. The molecule has 3 rings (SSSR count). The smallest absolute Gasteiger partial charge is 0.308 e. The first kappa shape index (κ1) is 16.4. The number of carbonyl (C=O) groups excluding carboxylic acids is 1. The molecule has 0 aliphatic rings. The maximum Gasteiger partial charge on any atom is 0.325 e. The normalized spacial score (nSPS) is 10.4. The molecule has 0 saturated carbocycles. The van der Waals surface area contributed by atoms with E-state index < -0.39 is 6.03 Å². The van der Waals surface area contributed by atoms with Gasteiger partial charge >= 0.3 is 6.03 Å². The van der Waals surface area contributed by atoms with Gasteiger partial charge in [0.05, 0.1) is 0 Å². The summed E-state index contributed by atoms with van der Waals surface area (Å²) in [6.07, 6.45) is 0.526. The fourth-order valence-corrected chi connectivity index (χ4v) is 2.84. The lowest BCUT2D eigenvalue weighted by atomic mass is 10.2. The van der Waals surface area contributed by atoms with Crippen LogP contribution in [0.5, 0.6) is 0 Å². The predicted molar refractivity (Wildman–Crippen MR) is 93.2 cm³/mol. The fraction of sp³-hybridized carbons (Fsp3) is 0.0625. The minimum atomic E-state index is -0.415. The predicted octanol–water partition coefficient (Wildman–Crippen LogP) is 4.57. The van der Waals surface area contributed by atoms with Crippen molar-refractivity contribution in [2.75, 3.05) is 10.6 Å². The van der Waals surface area contributed by atoms with Gasteiger partial charge in [0.25, 0.3) is 0 Å². The van der Waals surface area contributed by atoms with Crippen LogP contribution >= 0.6 is 22.9 Å². The Bertz CT molecular complexity index is 836. The van der Waals surface area contributed by atoms with Gasteiger partial charge in [-0.2, -0.15) is 0 Å². The number of halogens is 2. The average molecular weight is 363 g/mol. The number of rotatable bonds is 4. The lowest BCUT2D eigenvalue weighted by Crippen LogP contribution is -2.19. The molecule has 1 aromatic heterocycles. The van der Waals surface area contributed by atoms with Crippen molar-refractivity contribution in [1.29, 1.82) is 0 Å². The standard InChI is InChI=1S/C16H12ClFN4OS/c17-11-3-7-13(8-4-11)19-15(23)20-16-22-21-14(24-16)9-10-1-5-12(18)6-2-10/h1-8H,9H2,(H2,19,20,22,23). The molecule has 0 unspecified atom stereocenters. The quantitative estimate of drug-likeness (QED) is 0.714. The summed E-state index contributed by atoms with van der Waals surface area (Å²) in [7, 11) is 0. The van der Waals surface area contributed by atoms with E-state index in [2.05, 4.69) is 20.8 Å². The summed E-state index contributed by atoms with van der Waals surface area (Å²) in [5, 5.41) is 14.9. The molecular weight excluding hydrogens is 351 g/mol. The van der Waals surface area contributed by atoms with Crippen LogP contribution in [0, 0.1) is 5.82 Å². The Balaban J connectivity index is 1.58. The number of nitrogens with zero attached hydrogens (tertiary/aromatic N) is 2. The van der Waals surface area contributed by atoms with Crippen LogP contribution in [-0.4, -0.2) is 16.2 Å². The Kier molecular flexibility index (Phi) is 5.02. The number of nitrogens with one attached hydrogen (secondary N) is 2. The summed E-state index contributed by atoms with van der Waals surface area (Å²) < 4.78 is 12.9. The molecule has 0 radical (unpaired) electrons. The Morgan fingerprint density at radius 2 is 1.75 bits per heavy atom. The molecule has 2 N–H and O–H groups in total. The highest BCUT2D eigenvalue weighted by Gasteiger charge is 2.09. The van der Waals surface area contributed by atoms with E-state index in [4.69, 9.17) is 11.6 Å². The summed E-state index contributed by atoms with van der Waals surface area (Å²) >= 11 is 7.05. The molecule has 0 atom stereocenters. The number of hydrogen-bond acceptors (Lipinski definition) is 4. The van der Waals surface area contributed by atoms with Crippen LogP contribution in [0.15, 0.2) is 48.5 Å². The lowest BCUT2D eigenvalue weighted by Gasteiger charge is -2.04. The van der Waals surface area contributed by atoms with Crippen molar-refractivity contribution in [3.8, 4) is 0 Å². The number of carbonyl (C=O) groups is 1. The zero-order valence-corrected chi connectivity index (χ0v) is 13.9. The number of anilines is 2. The summed E-state index contributed by atoms with van der Waals surface area (Å²) in [4.78, 5) is 11.9. The Hall–Kier alpha value is -2.51. The van der Waals surface area contributed by atoms with Gasteiger partial charge in [-0.1, -0.05) is 35.1 Å². The molecule has 0 saturated heterocycles. The van der Waals surface area contributed by atoms with Crippen LogP contribution in [-0.2, 0) is 6.42 Å². The van der Waals surface area contributed by atoms with E-state index in [9.17, 15) is 9.18 Å². The van der Waals surface area contributed by atoms with E-state index in [1.165, 1.54) is 23.5 Å². The molecule has 3 aromatic rings. The molecule has 1 heterocycles. The first-order valence-electron chi connectivity index (χ1n) is 6.99. The molecule has 2 amide bonds. The summed E-state index contributed by atoms with van der Waals surface area (Å²) in [6.45, 7) is 0. The largest absolute Gasteiger partial charge is 0.325 e. The highest BCUT2D eigenvalue weighted by atomic mass is 35.5. The van der Waals surface area contributed by atoms with Gasteiger partial charge in [-0.15, -0.1) is 10.2 Å². The van der Waals surface area contributed by atoms with E-state index in [0.717, 1.165) is 10.6 Å². The van der Waals surface area contributed by atoms with Crippen molar-refractivity contribution >= 4 is 39.8 Å².